The third kappa shape index (κ3) is 10.1. The fraction of sp³-hybridized carbons (Fsp3) is 0.172. The molecule has 584 valence electrons. The maximum absolute atomic E-state index is 6.48. The lowest BCUT2D eigenvalue weighted by molar-refractivity contribution is -0.0399. The molecule has 6 nitrogen and oxygen atoms in total. The molecule has 0 aliphatic heterocycles. The van der Waals surface area contributed by atoms with E-state index >= 15 is 0 Å². The predicted molar refractivity (Wildman–Crippen MR) is 503 cm³/mol. The second kappa shape index (κ2) is 26.4. The standard InChI is InChI=1S/2C58H44N2O/c1-5-13-52-46(9-1)51-34-39(19-28-53(51)58(52)40-30-36-29-37(32-40)33-41(58)31-36)38-17-20-42(21-18-38)59(45-26-27-50-49-12-4-8-16-56(49)61-57(50)35-45)43-22-24-44(25-23-43)60-54-14-6-2-10-47(54)48-11-3-7-15-55(48)60;1-2-10-42(11-3-1)60-54-16-8-5-13-47(54)48-25-23-44(34-55(48)60)59(45-24-26-50-49-14-6-9-17-56(49)61-57(50)35-45)43-21-18-38(19-22-43)39-20-27-53-51(33-39)46-12-4-7-15-52(46)58(53)40-29-36-28-37(31-40)32-41(58)30-36/h1-28,34-37,40-41H,29-33H2;1-27,33-37,40-41H,28-32H2. The van der Waals surface area contributed by atoms with Crippen molar-refractivity contribution < 1.29 is 8.83 Å². The van der Waals surface area contributed by atoms with E-state index in [2.05, 4.69) is 371 Å². The van der Waals surface area contributed by atoms with E-state index in [1.165, 1.54) is 152 Å². The number of nitrogens with zero attached hydrogens (tertiary/aromatic N) is 4. The van der Waals surface area contributed by atoms with Crippen LogP contribution < -0.4 is 9.80 Å². The van der Waals surface area contributed by atoms with E-state index in [0.29, 0.717) is 0 Å². The van der Waals surface area contributed by atoms with E-state index in [1.54, 1.807) is 22.3 Å². The Morgan fingerprint density at radius 1 is 0.213 bits per heavy atom. The van der Waals surface area contributed by atoms with E-state index in [0.717, 1.165) is 137 Å². The topological polar surface area (TPSA) is 42.6 Å². The van der Waals surface area contributed by atoms with Gasteiger partial charge in [-0.1, -0.05) is 212 Å². The van der Waals surface area contributed by atoms with Crippen LogP contribution in [0.4, 0.5) is 34.1 Å². The zero-order valence-corrected chi connectivity index (χ0v) is 67.9. The number of furan rings is 2. The van der Waals surface area contributed by atoms with Crippen molar-refractivity contribution in [1.29, 1.82) is 0 Å². The first-order valence-electron chi connectivity index (χ1n) is 44.7. The lowest BCUT2D eigenvalue weighted by atomic mass is 9.43. The van der Waals surface area contributed by atoms with E-state index in [1.807, 2.05) is 12.1 Å². The van der Waals surface area contributed by atoms with Crippen molar-refractivity contribution in [1.82, 2.24) is 9.13 Å². The summed E-state index contributed by atoms with van der Waals surface area (Å²) < 4.78 is 17.7. The molecule has 122 heavy (non-hydrogen) atoms. The third-order valence-electron chi connectivity index (χ3n) is 31.1. The molecule has 10 aliphatic carbocycles. The van der Waals surface area contributed by atoms with Gasteiger partial charge in [-0.05, 0) is 318 Å². The van der Waals surface area contributed by atoms with Crippen LogP contribution in [0.2, 0.25) is 0 Å². The highest BCUT2D eigenvalue weighted by Gasteiger charge is 2.63. The molecule has 20 aromatic rings. The molecule has 4 heterocycles. The molecule has 8 bridgehead atoms. The minimum atomic E-state index is 0.191. The normalized spacial score (nSPS) is 22.2. The average Bonchev–Trinajstić information content (AvgIpc) is 1.48. The first-order chi connectivity index (χ1) is 60.4. The van der Waals surface area contributed by atoms with Crippen molar-refractivity contribution in [2.24, 2.45) is 47.3 Å². The van der Waals surface area contributed by atoms with Gasteiger partial charge in [-0.2, -0.15) is 0 Å². The van der Waals surface area contributed by atoms with Gasteiger partial charge in [0.05, 0.1) is 22.1 Å². The van der Waals surface area contributed by atoms with Crippen molar-refractivity contribution in [3.05, 3.63) is 386 Å². The van der Waals surface area contributed by atoms with Gasteiger partial charge in [0.1, 0.15) is 22.3 Å². The Hall–Kier alpha value is -13.7. The molecule has 30 rings (SSSR count). The summed E-state index contributed by atoms with van der Waals surface area (Å²) >= 11 is 0. The largest absolute Gasteiger partial charge is 0.456 e. The molecule has 8 saturated carbocycles. The number of hydrogen-bond donors (Lipinski definition) is 0. The van der Waals surface area contributed by atoms with Crippen LogP contribution in [0.15, 0.2) is 373 Å². The van der Waals surface area contributed by atoms with Gasteiger partial charge < -0.3 is 27.8 Å². The van der Waals surface area contributed by atoms with E-state index in [-0.39, 0.29) is 10.8 Å². The Balaban J connectivity index is 0.000000128. The van der Waals surface area contributed by atoms with E-state index in [4.69, 9.17) is 8.83 Å². The van der Waals surface area contributed by atoms with Gasteiger partial charge in [0, 0.05) is 112 Å². The van der Waals surface area contributed by atoms with Gasteiger partial charge in [-0.25, -0.2) is 0 Å². The minimum absolute atomic E-state index is 0.191. The van der Waals surface area contributed by atoms with Gasteiger partial charge in [0.25, 0.3) is 0 Å². The molecular formula is C116H88N4O2. The van der Waals surface area contributed by atoms with Gasteiger partial charge in [0.2, 0.25) is 0 Å². The molecule has 0 N–H and O–H groups in total. The summed E-state index contributed by atoms with van der Waals surface area (Å²) in [6, 6.07) is 135. The molecule has 0 unspecified atom stereocenters. The SMILES string of the molecule is c1ccc(-n2c3ccccc3c3ccc(N(c4ccc(-c5ccc6c(c5)-c5ccccc5C65C6CC7CC(C6)CC5C7)cc4)c4ccc5c(c4)oc4ccccc45)cc32)cc1.c1ccc2c(c1)-c1cc(-c3ccc(N(c4ccc(-n5c6ccccc6c6ccccc65)cc4)c4ccc5c(c4)oc4ccccc45)cc3)ccc1C21C2CC3CC(C2)CC1C3. The maximum Gasteiger partial charge on any atom is 0.137 e. The average molecular weight is 1570 g/mol. The van der Waals surface area contributed by atoms with Crippen LogP contribution >= 0.6 is 0 Å². The summed E-state index contributed by atoms with van der Waals surface area (Å²) in [7, 11) is 0. The van der Waals surface area contributed by atoms with Crippen molar-refractivity contribution in [3.8, 4) is 55.9 Å². The molecule has 0 atom stereocenters. The first-order valence-corrected chi connectivity index (χ1v) is 44.7. The predicted octanol–water partition coefficient (Wildman–Crippen LogP) is 31.1. The van der Waals surface area contributed by atoms with Crippen LogP contribution in [0.1, 0.15) is 86.5 Å². The Bertz CT molecular complexity index is 7570. The van der Waals surface area contributed by atoms with Crippen LogP contribution in [0.25, 0.3) is 143 Å². The fourth-order valence-corrected chi connectivity index (χ4v) is 26.8. The smallest absolute Gasteiger partial charge is 0.137 e. The molecule has 6 heteroatoms. The Morgan fingerprint density at radius 3 is 0.975 bits per heavy atom. The van der Waals surface area contributed by atoms with Crippen molar-refractivity contribution in [2.75, 3.05) is 9.80 Å². The van der Waals surface area contributed by atoms with Gasteiger partial charge in [-0.15, -0.1) is 0 Å². The quantitative estimate of drug-likeness (QED) is 0.137. The number of benzene rings is 16. The summed E-state index contributed by atoms with van der Waals surface area (Å²) in [5.41, 5.74) is 34.9. The molecule has 4 aromatic heterocycles. The number of hydrogen-bond acceptors (Lipinski definition) is 4. The van der Waals surface area contributed by atoms with E-state index < -0.39 is 0 Å². The molecule has 0 saturated heterocycles. The molecular weight excluding hydrogens is 1480 g/mol. The molecule has 0 amide bonds. The Kier molecular flexibility index (Phi) is 15.0. The second-order valence-corrected chi connectivity index (χ2v) is 37.1. The summed E-state index contributed by atoms with van der Waals surface area (Å²) in [5, 5.41) is 9.55. The van der Waals surface area contributed by atoms with Gasteiger partial charge >= 0.3 is 0 Å². The van der Waals surface area contributed by atoms with Gasteiger partial charge in [-0.3, -0.25) is 0 Å². The zero-order valence-electron chi connectivity index (χ0n) is 67.9. The van der Waals surface area contributed by atoms with Crippen LogP contribution in [-0.4, -0.2) is 9.13 Å². The molecule has 8 fully saturated rings. The number of anilines is 6. The summed E-state index contributed by atoms with van der Waals surface area (Å²) in [6.07, 6.45) is 14.2. The van der Waals surface area contributed by atoms with E-state index in [9.17, 15) is 0 Å². The van der Waals surface area contributed by atoms with Crippen molar-refractivity contribution in [3.63, 3.8) is 0 Å². The number of fused-ring (bicyclic) bond motifs is 18. The lowest BCUT2D eigenvalue weighted by Crippen LogP contribution is -2.55. The highest BCUT2D eigenvalue weighted by molar-refractivity contribution is 6.13. The van der Waals surface area contributed by atoms with Crippen molar-refractivity contribution >= 4 is 122 Å². The first kappa shape index (κ1) is 69.1. The summed E-state index contributed by atoms with van der Waals surface area (Å²) in [6.45, 7) is 0. The van der Waals surface area contributed by atoms with Gasteiger partial charge in [0.15, 0.2) is 0 Å². The minimum Gasteiger partial charge on any atom is -0.456 e. The maximum atomic E-state index is 6.48. The zero-order chi connectivity index (χ0) is 79.6. The van der Waals surface area contributed by atoms with Crippen LogP contribution in [0, 0.1) is 47.3 Å². The number of para-hydroxylation sites is 6. The molecule has 0 radical (unpaired) electrons. The van der Waals surface area contributed by atoms with Crippen LogP contribution in [0.5, 0.6) is 0 Å². The van der Waals surface area contributed by atoms with Crippen molar-refractivity contribution in [2.45, 2.75) is 75.0 Å². The summed E-state index contributed by atoms with van der Waals surface area (Å²) in [5.74, 6) is 6.87. The monoisotopic (exact) mass is 1570 g/mol. The Labute approximate surface area is 709 Å². The lowest BCUT2D eigenvalue weighted by Gasteiger charge is -2.61. The second-order valence-electron chi connectivity index (χ2n) is 37.1. The molecule has 16 aromatic carbocycles. The third-order valence-corrected chi connectivity index (χ3v) is 31.1. The molecule has 2 spiro atoms. The highest BCUT2D eigenvalue weighted by Crippen LogP contribution is 2.72. The molecule has 10 aliphatic rings. The Morgan fingerprint density at radius 2 is 0.525 bits per heavy atom. The summed E-state index contributed by atoms with van der Waals surface area (Å²) in [4.78, 5) is 4.75. The fourth-order valence-electron chi connectivity index (χ4n) is 26.8. The number of rotatable bonds is 10. The highest BCUT2D eigenvalue weighted by atomic mass is 16.3. The number of aromatic nitrogens is 2. The van der Waals surface area contributed by atoms with Crippen LogP contribution in [0.3, 0.4) is 0 Å². The van der Waals surface area contributed by atoms with Crippen LogP contribution in [-0.2, 0) is 10.8 Å².